The average molecular weight is 319 g/mol. The first-order valence-electron chi connectivity index (χ1n) is 8.32. The molecule has 1 aromatic carbocycles. The Labute approximate surface area is 139 Å². The first-order chi connectivity index (χ1) is 11.0. The maximum atomic E-state index is 12.4. The van der Waals surface area contributed by atoms with Crippen LogP contribution in [0.1, 0.15) is 31.4 Å². The molecule has 1 aliphatic rings. The van der Waals surface area contributed by atoms with Gasteiger partial charge in [0.05, 0.1) is 19.2 Å². The SMILES string of the molecule is COc1cccc(C(CNC(=O)C2CC(C)CCN2)N(C)C)c1. The number of methoxy groups -OCH3 is 1. The van der Waals surface area contributed by atoms with Crippen molar-refractivity contribution in [3.63, 3.8) is 0 Å². The number of likely N-dealkylation sites (N-methyl/N-ethyl adjacent to an activating group) is 1. The largest absolute Gasteiger partial charge is 0.497 e. The van der Waals surface area contributed by atoms with Crippen LogP contribution in [0.3, 0.4) is 0 Å². The van der Waals surface area contributed by atoms with Crippen LogP contribution >= 0.6 is 0 Å². The molecule has 23 heavy (non-hydrogen) atoms. The van der Waals surface area contributed by atoms with Gasteiger partial charge in [0.1, 0.15) is 5.75 Å². The summed E-state index contributed by atoms with van der Waals surface area (Å²) < 4.78 is 5.30. The van der Waals surface area contributed by atoms with Crippen molar-refractivity contribution in [3.8, 4) is 5.75 Å². The molecule has 2 N–H and O–H groups in total. The Morgan fingerprint density at radius 1 is 1.48 bits per heavy atom. The predicted octanol–water partition coefficient (Wildman–Crippen LogP) is 1.80. The topological polar surface area (TPSA) is 53.6 Å². The summed E-state index contributed by atoms with van der Waals surface area (Å²) in [4.78, 5) is 14.5. The van der Waals surface area contributed by atoms with E-state index in [1.807, 2.05) is 32.3 Å². The number of hydrogen-bond acceptors (Lipinski definition) is 4. The van der Waals surface area contributed by atoms with E-state index in [0.29, 0.717) is 12.5 Å². The maximum absolute atomic E-state index is 12.4. The zero-order chi connectivity index (χ0) is 16.8. The van der Waals surface area contributed by atoms with Crippen LogP contribution in [0, 0.1) is 5.92 Å². The zero-order valence-electron chi connectivity index (χ0n) is 14.6. The summed E-state index contributed by atoms with van der Waals surface area (Å²) in [6.07, 6.45) is 2.06. The summed E-state index contributed by atoms with van der Waals surface area (Å²) in [6, 6.07) is 8.07. The lowest BCUT2D eigenvalue weighted by Crippen LogP contribution is -2.49. The minimum absolute atomic E-state index is 0.0631. The van der Waals surface area contributed by atoms with Crippen molar-refractivity contribution in [1.29, 1.82) is 0 Å². The van der Waals surface area contributed by atoms with Gasteiger partial charge in [0.25, 0.3) is 0 Å². The van der Waals surface area contributed by atoms with Crippen molar-refractivity contribution in [1.82, 2.24) is 15.5 Å². The summed E-state index contributed by atoms with van der Waals surface area (Å²) >= 11 is 0. The lowest BCUT2D eigenvalue weighted by Gasteiger charge is -2.29. The van der Waals surface area contributed by atoms with Crippen LogP contribution in [-0.4, -0.2) is 51.1 Å². The minimum Gasteiger partial charge on any atom is -0.497 e. The van der Waals surface area contributed by atoms with Gasteiger partial charge in [-0.1, -0.05) is 19.1 Å². The quantitative estimate of drug-likeness (QED) is 0.839. The lowest BCUT2D eigenvalue weighted by atomic mass is 9.94. The monoisotopic (exact) mass is 319 g/mol. The van der Waals surface area contributed by atoms with Crippen LogP contribution < -0.4 is 15.4 Å². The van der Waals surface area contributed by atoms with Crippen LogP contribution in [0.15, 0.2) is 24.3 Å². The van der Waals surface area contributed by atoms with Crippen LogP contribution in [0.2, 0.25) is 0 Å². The molecular formula is C18H29N3O2. The molecular weight excluding hydrogens is 290 g/mol. The van der Waals surface area contributed by atoms with Gasteiger partial charge in [-0.2, -0.15) is 0 Å². The number of amides is 1. The van der Waals surface area contributed by atoms with Crippen molar-refractivity contribution in [3.05, 3.63) is 29.8 Å². The van der Waals surface area contributed by atoms with Crippen LogP contribution in [0.5, 0.6) is 5.75 Å². The number of piperidine rings is 1. The number of benzene rings is 1. The van der Waals surface area contributed by atoms with E-state index in [9.17, 15) is 4.79 Å². The van der Waals surface area contributed by atoms with Gasteiger partial charge in [-0.25, -0.2) is 0 Å². The van der Waals surface area contributed by atoms with Crippen molar-refractivity contribution in [2.24, 2.45) is 5.92 Å². The van der Waals surface area contributed by atoms with Crippen LogP contribution in [0.25, 0.3) is 0 Å². The molecule has 2 rings (SSSR count). The fourth-order valence-electron chi connectivity index (χ4n) is 3.08. The Morgan fingerprint density at radius 2 is 2.26 bits per heavy atom. The molecule has 1 aliphatic heterocycles. The Balaban J connectivity index is 1.98. The van der Waals surface area contributed by atoms with E-state index in [1.54, 1.807) is 7.11 Å². The van der Waals surface area contributed by atoms with Crippen molar-refractivity contribution >= 4 is 5.91 Å². The van der Waals surface area contributed by atoms with E-state index in [2.05, 4.69) is 28.5 Å². The first kappa shape index (κ1) is 17.8. The highest BCUT2D eigenvalue weighted by Gasteiger charge is 2.25. The summed E-state index contributed by atoms with van der Waals surface area (Å²) in [5.41, 5.74) is 1.14. The zero-order valence-corrected chi connectivity index (χ0v) is 14.6. The highest BCUT2D eigenvalue weighted by molar-refractivity contribution is 5.81. The summed E-state index contributed by atoms with van der Waals surface area (Å²) in [7, 11) is 5.72. The van der Waals surface area contributed by atoms with E-state index >= 15 is 0 Å². The molecule has 3 unspecified atom stereocenters. The van der Waals surface area contributed by atoms with Gasteiger partial charge < -0.3 is 20.3 Å². The standard InChI is InChI=1S/C18H29N3O2/c1-13-8-9-19-16(10-13)18(22)20-12-17(21(2)3)14-6-5-7-15(11-14)23-4/h5-7,11,13,16-17,19H,8-10,12H2,1-4H3,(H,20,22). The van der Waals surface area contributed by atoms with Gasteiger partial charge in [-0.05, 0) is 57.1 Å². The summed E-state index contributed by atoms with van der Waals surface area (Å²) in [6.45, 7) is 3.72. The number of nitrogens with zero attached hydrogens (tertiary/aromatic N) is 1. The highest BCUT2D eigenvalue weighted by atomic mass is 16.5. The molecule has 1 saturated heterocycles. The second-order valence-corrected chi connectivity index (χ2v) is 6.64. The van der Waals surface area contributed by atoms with Crippen LogP contribution in [0.4, 0.5) is 0 Å². The lowest BCUT2D eigenvalue weighted by molar-refractivity contribution is -0.124. The number of ether oxygens (including phenoxy) is 1. The molecule has 5 heteroatoms. The molecule has 128 valence electrons. The van der Waals surface area contributed by atoms with Crippen molar-refractivity contribution < 1.29 is 9.53 Å². The normalized spacial score (nSPS) is 22.7. The third-order valence-corrected chi connectivity index (χ3v) is 4.55. The predicted molar refractivity (Wildman–Crippen MR) is 92.6 cm³/mol. The second-order valence-electron chi connectivity index (χ2n) is 6.64. The van der Waals surface area contributed by atoms with Crippen molar-refractivity contribution in [2.45, 2.75) is 31.8 Å². The Bertz CT molecular complexity index is 519. The number of hydrogen-bond donors (Lipinski definition) is 2. The fraction of sp³-hybridized carbons (Fsp3) is 0.611. The third kappa shape index (κ3) is 4.94. The second kappa shape index (κ2) is 8.31. The van der Waals surface area contributed by atoms with Gasteiger partial charge in [0.15, 0.2) is 0 Å². The molecule has 0 bridgehead atoms. The van der Waals surface area contributed by atoms with E-state index in [4.69, 9.17) is 4.74 Å². The number of rotatable bonds is 6. The van der Waals surface area contributed by atoms with Gasteiger partial charge in [-0.15, -0.1) is 0 Å². The Hall–Kier alpha value is -1.59. The molecule has 5 nitrogen and oxygen atoms in total. The molecule has 0 saturated carbocycles. The summed E-state index contributed by atoms with van der Waals surface area (Å²) in [5, 5.41) is 6.42. The number of nitrogens with one attached hydrogen (secondary N) is 2. The average Bonchev–Trinajstić information content (AvgIpc) is 2.54. The molecule has 1 amide bonds. The van der Waals surface area contributed by atoms with Gasteiger partial charge in [0, 0.05) is 6.54 Å². The van der Waals surface area contributed by atoms with Gasteiger partial charge >= 0.3 is 0 Å². The number of carbonyl (C=O) groups excluding carboxylic acids is 1. The molecule has 0 radical (unpaired) electrons. The van der Waals surface area contributed by atoms with Gasteiger partial charge in [-0.3, -0.25) is 4.79 Å². The van der Waals surface area contributed by atoms with E-state index in [-0.39, 0.29) is 18.0 Å². The summed E-state index contributed by atoms with van der Waals surface area (Å²) in [5.74, 6) is 1.55. The highest BCUT2D eigenvalue weighted by Crippen LogP contribution is 2.22. The van der Waals surface area contributed by atoms with Gasteiger partial charge in [0.2, 0.25) is 5.91 Å². The van der Waals surface area contributed by atoms with E-state index in [0.717, 1.165) is 30.7 Å². The first-order valence-corrected chi connectivity index (χ1v) is 8.32. The van der Waals surface area contributed by atoms with E-state index < -0.39 is 0 Å². The molecule has 0 spiro atoms. The Kier molecular flexibility index (Phi) is 6.42. The third-order valence-electron chi connectivity index (χ3n) is 4.55. The van der Waals surface area contributed by atoms with Crippen LogP contribution in [-0.2, 0) is 4.79 Å². The molecule has 1 heterocycles. The Morgan fingerprint density at radius 3 is 2.91 bits per heavy atom. The smallest absolute Gasteiger partial charge is 0.237 e. The maximum Gasteiger partial charge on any atom is 0.237 e. The minimum atomic E-state index is -0.0631. The van der Waals surface area contributed by atoms with Crippen molar-refractivity contribution in [2.75, 3.05) is 34.3 Å². The van der Waals surface area contributed by atoms with E-state index in [1.165, 1.54) is 0 Å². The molecule has 1 aromatic rings. The molecule has 0 aromatic heterocycles. The molecule has 1 fully saturated rings. The fourth-order valence-corrected chi connectivity index (χ4v) is 3.08. The number of carbonyl (C=O) groups is 1. The molecule has 3 atom stereocenters. The molecule has 0 aliphatic carbocycles.